The highest BCUT2D eigenvalue weighted by molar-refractivity contribution is 7.17. The van der Waals surface area contributed by atoms with Crippen LogP contribution in [0.2, 0.25) is 4.34 Å². The Morgan fingerprint density at radius 2 is 2.09 bits per heavy atom. The molecule has 0 saturated carbocycles. The molecule has 4 rings (SSSR count). The molecule has 9 nitrogen and oxygen atoms in total. The van der Waals surface area contributed by atoms with Crippen LogP contribution in [0.5, 0.6) is 5.06 Å². The lowest BCUT2D eigenvalue weighted by Crippen LogP contribution is -2.67. The van der Waals surface area contributed by atoms with Crippen molar-refractivity contribution >= 4 is 51.5 Å². The summed E-state index contributed by atoms with van der Waals surface area (Å²) in [6, 6.07) is 9.00. The Balaban J connectivity index is 1.47. The monoisotopic (exact) mass is 475 g/mol. The molecule has 1 saturated heterocycles. The number of methoxy groups -OCH3 is 1. The molecule has 3 heterocycles. The summed E-state index contributed by atoms with van der Waals surface area (Å²) in [7, 11) is 1.41. The van der Waals surface area contributed by atoms with E-state index in [0.29, 0.717) is 40.4 Å². The van der Waals surface area contributed by atoms with Gasteiger partial charge in [0.1, 0.15) is 12.1 Å². The van der Waals surface area contributed by atoms with Crippen molar-refractivity contribution in [2.75, 3.05) is 32.5 Å². The Morgan fingerprint density at radius 3 is 2.81 bits per heavy atom. The molecule has 2 aromatic heterocycles. The van der Waals surface area contributed by atoms with Gasteiger partial charge >= 0.3 is 0 Å². The number of aromatic nitrogens is 2. The van der Waals surface area contributed by atoms with Crippen molar-refractivity contribution in [1.82, 2.24) is 19.8 Å². The number of thiophene rings is 1. The minimum absolute atomic E-state index is 0.213. The Bertz CT molecular complexity index is 1170. The standard InChI is InChI=1S/C21H22ClN5O4S/c1-21(30-2)20(29)26(10-13-3-4-14-15(9-13)24-12-25-19(14)23)7-8-27(21)17(28)11-31-18-6-5-16(22)32-18/h3-6,9,12H,7-8,10-11H2,1-2H3,(H2,23,24,25). The van der Waals surface area contributed by atoms with Gasteiger partial charge in [-0.2, -0.15) is 0 Å². The van der Waals surface area contributed by atoms with Gasteiger partial charge in [0.05, 0.1) is 9.85 Å². The Kier molecular flexibility index (Phi) is 6.18. The highest BCUT2D eigenvalue weighted by atomic mass is 35.5. The number of piperazine rings is 1. The number of halogens is 1. The number of amides is 2. The van der Waals surface area contributed by atoms with Gasteiger partial charge in [0.25, 0.3) is 11.8 Å². The Morgan fingerprint density at radius 1 is 1.28 bits per heavy atom. The number of ether oxygens (including phenoxy) is 2. The highest BCUT2D eigenvalue weighted by Crippen LogP contribution is 2.29. The van der Waals surface area contributed by atoms with Crippen LogP contribution in [0.1, 0.15) is 12.5 Å². The average molecular weight is 476 g/mol. The summed E-state index contributed by atoms with van der Waals surface area (Å²) in [5, 5.41) is 1.29. The van der Waals surface area contributed by atoms with E-state index in [1.54, 1.807) is 24.0 Å². The number of benzene rings is 1. The highest BCUT2D eigenvalue weighted by Gasteiger charge is 2.48. The van der Waals surface area contributed by atoms with Crippen LogP contribution >= 0.6 is 22.9 Å². The van der Waals surface area contributed by atoms with Crippen molar-refractivity contribution in [3.63, 3.8) is 0 Å². The van der Waals surface area contributed by atoms with E-state index in [1.807, 2.05) is 18.2 Å². The summed E-state index contributed by atoms with van der Waals surface area (Å²) in [6.07, 6.45) is 1.41. The molecule has 11 heteroatoms. The minimum atomic E-state index is -1.44. The van der Waals surface area contributed by atoms with Crippen LogP contribution in [-0.2, 0) is 20.9 Å². The average Bonchev–Trinajstić information content (AvgIpc) is 3.20. The fourth-order valence-electron chi connectivity index (χ4n) is 3.68. The molecule has 0 spiro atoms. The predicted molar refractivity (Wildman–Crippen MR) is 121 cm³/mol. The first-order valence-corrected chi connectivity index (χ1v) is 11.0. The molecule has 2 amide bonds. The van der Waals surface area contributed by atoms with E-state index in [9.17, 15) is 9.59 Å². The lowest BCUT2D eigenvalue weighted by molar-refractivity contribution is -0.196. The van der Waals surface area contributed by atoms with E-state index < -0.39 is 5.72 Å². The second kappa shape index (κ2) is 8.89. The van der Waals surface area contributed by atoms with Crippen molar-refractivity contribution in [3.05, 3.63) is 46.6 Å². The lowest BCUT2D eigenvalue weighted by Gasteiger charge is -2.46. The number of nitrogens with zero attached hydrogens (tertiary/aromatic N) is 4. The van der Waals surface area contributed by atoms with Gasteiger partial charge < -0.3 is 25.0 Å². The first kappa shape index (κ1) is 22.3. The van der Waals surface area contributed by atoms with Gasteiger partial charge in [0.15, 0.2) is 11.7 Å². The van der Waals surface area contributed by atoms with E-state index in [4.69, 9.17) is 26.8 Å². The van der Waals surface area contributed by atoms with Crippen LogP contribution in [-0.4, -0.2) is 64.1 Å². The van der Waals surface area contributed by atoms with Crippen LogP contribution in [0, 0.1) is 0 Å². The fourth-order valence-corrected chi connectivity index (χ4v) is 4.56. The number of hydrogen-bond donors (Lipinski definition) is 1. The fraction of sp³-hybridized carbons (Fsp3) is 0.333. The topological polar surface area (TPSA) is 111 Å². The molecule has 1 unspecified atom stereocenters. The van der Waals surface area contributed by atoms with Crippen LogP contribution in [0.4, 0.5) is 5.82 Å². The smallest absolute Gasteiger partial charge is 0.276 e. The maximum absolute atomic E-state index is 13.3. The zero-order valence-corrected chi connectivity index (χ0v) is 19.2. The summed E-state index contributed by atoms with van der Waals surface area (Å²) in [4.78, 5) is 37.4. The third-order valence-electron chi connectivity index (χ3n) is 5.48. The first-order chi connectivity index (χ1) is 15.3. The van der Waals surface area contributed by atoms with Crippen LogP contribution < -0.4 is 10.5 Å². The summed E-state index contributed by atoms with van der Waals surface area (Å²) in [6.45, 7) is 2.40. The maximum atomic E-state index is 13.3. The summed E-state index contributed by atoms with van der Waals surface area (Å²) < 4.78 is 11.6. The number of anilines is 1. The molecule has 2 N–H and O–H groups in total. The number of rotatable bonds is 6. The van der Waals surface area contributed by atoms with Crippen molar-refractivity contribution in [3.8, 4) is 5.06 Å². The summed E-state index contributed by atoms with van der Waals surface area (Å²) in [5.41, 5.74) is 6.05. The number of carbonyl (C=O) groups is 2. The molecule has 0 bridgehead atoms. The molecule has 1 atom stereocenters. The largest absolute Gasteiger partial charge is 0.474 e. The van der Waals surface area contributed by atoms with E-state index in [2.05, 4.69) is 9.97 Å². The van der Waals surface area contributed by atoms with E-state index >= 15 is 0 Å². The zero-order valence-electron chi connectivity index (χ0n) is 17.6. The number of nitrogens with two attached hydrogens (primary N) is 1. The molecule has 168 valence electrons. The molecule has 0 radical (unpaired) electrons. The second-order valence-electron chi connectivity index (χ2n) is 7.42. The molecule has 1 aliphatic heterocycles. The molecule has 3 aromatic rings. The van der Waals surface area contributed by atoms with Crippen LogP contribution in [0.15, 0.2) is 36.7 Å². The quantitative estimate of drug-likeness (QED) is 0.583. The van der Waals surface area contributed by atoms with Gasteiger partial charge in [-0.1, -0.05) is 29.0 Å². The third-order valence-corrected chi connectivity index (χ3v) is 6.63. The molecule has 1 fully saturated rings. The molecule has 32 heavy (non-hydrogen) atoms. The normalized spacial score (nSPS) is 18.9. The van der Waals surface area contributed by atoms with Crippen LogP contribution in [0.25, 0.3) is 10.9 Å². The van der Waals surface area contributed by atoms with Crippen molar-refractivity contribution in [2.45, 2.75) is 19.2 Å². The second-order valence-corrected chi connectivity index (χ2v) is 9.09. The SMILES string of the molecule is COC1(C)C(=O)N(Cc2ccc3c(N)ncnc3c2)CCN1C(=O)COc1ccc(Cl)s1. The maximum Gasteiger partial charge on any atom is 0.276 e. The molecule has 0 aliphatic carbocycles. The molecular formula is C21H22ClN5O4S. The van der Waals surface area contributed by atoms with Crippen molar-refractivity contribution in [2.24, 2.45) is 0 Å². The number of fused-ring (bicyclic) bond motifs is 1. The summed E-state index contributed by atoms with van der Waals surface area (Å²) in [5.74, 6) is -0.241. The number of nitrogen functional groups attached to an aromatic ring is 1. The third kappa shape index (κ3) is 4.21. The van der Waals surface area contributed by atoms with Gasteiger partial charge in [-0.05, 0) is 36.8 Å². The molecule has 1 aliphatic rings. The van der Waals surface area contributed by atoms with Crippen LogP contribution in [0.3, 0.4) is 0 Å². The van der Waals surface area contributed by atoms with Gasteiger partial charge in [-0.15, -0.1) is 0 Å². The van der Waals surface area contributed by atoms with Gasteiger partial charge in [0.2, 0.25) is 5.72 Å². The summed E-state index contributed by atoms with van der Waals surface area (Å²) >= 11 is 7.13. The zero-order chi connectivity index (χ0) is 22.9. The Labute approximate surface area is 193 Å². The van der Waals surface area contributed by atoms with Gasteiger partial charge in [-0.3, -0.25) is 9.59 Å². The lowest BCUT2D eigenvalue weighted by atomic mass is 10.1. The van der Waals surface area contributed by atoms with Gasteiger partial charge in [0, 0.05) is 32.1 Å². The Hall–Kier alpha value is -2.95. The number of carbonyl (C=O) groups excluding carboxylic acids is 2. The van der Waals surface area contributed by atoms with Crippen molar-refractivity contribution in [1.29, 1.82) is 0 Å². The molecule has 1 aromatic carbocycles. The minimum Gasteiger partial charge on any atom is -0.474 e. The van der Waals surface area contributed by atoms with E-state index in [1.165, 1.54) is 29.7 Å². The van der Waals surface area contributed by atoms with E-state index in [-0.39, 0.29) is 18.4 Å². The van der Waals surface area contributed by atoms with Crippen molar-refractivity contribution < 1.29 is 19.1 Å². The molecular weight excluding hydrogens is 454 g/mol. The first-order valence-electron chi connectivity index (χ1n) is 9.84. The predicted octanol–water partition coefficient (Wildman–Crippen LogP) is 2.54. The van der Waals surface area contributed by atoms with E-state index in [0.717, 1.165) is 10.9 Å². The van der Waals surface area contributed by atoms with Gasteiger partial charge in [-0.25, -0.2) is 9.97 Å². The number of hydrogen-bond acceptors (Lipinski definition) is 8.